The summed E-state index contributed by atoms with van der Waals surface area (Å²) in [5.41, 5.74) is 11.5. The second-order valence-electron chi connectivity index (χ2n) is 10.7. The first-order valence-corrected chi connectivity index (χ1v) is 14.7. The molecule has 0 aromatic heterocycles. The molecule has 1 aliphatic carbocycles. The number of rotatable bonds is 4. The third-order valence-electron chi connectivity index (χ3n) is 8.19. The molecular formula is C39H40N2. The number of hydrogen-bond acceptors (Lipinski definition) is 2. The second kappa shape index (κ2) is 12.9. The van der Waals surface area contributed by atoms with Crippen LogP contribution in [0.1, 0.15) is 48.6 Å². The van der Waals surface area contributed by atoms with E-state index in [-0.39, 0.29) is 5.41 Å². The fourth-order valence-electron chi connectivity index (χ4n) is 5.91. The number of hydrogen-bond donors (Lipinski definition) is 0. The van der Waals surface area contributed by atoms with Crippen LogP contribution in [0.4, 0.5) is 5.69 Å². The van der Waals surface area contributed by atoms with Crippen LogP contribution in [0.25, 0.3) is 11.1 Å². The molecule has 5 aromatic carbocycles. The normalized spacial score (nSPS) is 13.5. The van der Waals surface area contributed by atoms with Crippen molar-refractivity contribution in [3.05, 3.63) is 161 Å². The van der Waals surface area contributed by atoms with E-state index in [1.54, 1.807) is 0 Å². The minimum atomic E-state index is -0.254. The van der Waals surface area contributed by atoms with E-state index in [2.05, 4.69) is 165 Å². The van der Waals surface area contributed by atoms with Crippen LogP contribution in [-0.4, -0.2) is 30.7 Å². The van der Waals surface area contributed by atoms with Gasteiger partial charge in [0.2, 0.25) is 0 Å². The lowest BCUT2D eigenvalue weighted by atomic mass is 9.68. The van der Waals surface area contributed by atoms with Gasteiger partial charge < -0.3 is 4.90 Å². The Morgan fingerprint density at radius 3 is 1.49 bits per heavy atom. The Morgan fingerprint density at radius 1 is 0.585 bits per heavy atom. The quantitative estimate of drug-likeness (QED) is 0.219. The van der Waals surface area contributed by atoms with E-state index in [0.717, 1.165) is 25.2 Å². The molecule has 0 bridgehead atoms. The number of para-hydroxylation sites is 1. The Bertz CT molecular complexity index is 1510. The van der Waals surface area contributed by atoms with Gasteiger partial charge in [-0.1, -0.05) is 141 Å². The van der Waals surface area contributed by atoms with Crippen molar-refractivity contribution in [1.29, 1.82) is 0 Å². The zero-order valence-electron chi connectivity index (χ0n) is 24.7. The monoisotopic (exact) mass is 536 g/mol. The first-order chi connectivity index (χ1) is 20.1. The summed E-state index contributed by atoms with van der Waals surface area (Å²) in [5, 5.41) is 0. The molecule has 2 aliphatic rings. The molecule has 0 fully saturated rings. The molecule has 41 heavy (non-hydrogen) atoms. The molecular weight excluding hydrogens is 496 g/mol. The Kier molecular flexibility index (Phi) is 8.91. The summed E-state index contributed by atoms with van der Waals surface area (Å²) >= 11 is 0. The molecule has 0 saturated carbocycles. The predicted molar refractivity (Wildman–Crippen MR) is 176 cm³/mol. The van der Waals surface area contributed by atoms with Gasteiger partial charge in [0.1, 0.15) is 0 Å². The highest BCUT2D eigenvalue weighted by Crippen LogP contribution is 2.55. The molecule has 0 saturated heterocycles. The van der Waals surface area contributed by atoms with Crippen molar-refractivity contribution in [2.24, 2.45) is 4.99 Å². The van der Waals surface area contributed by atoms with Gasteiger partial charge in [0, 0.05) is 12.1 Å². The lowest BCUT2D eigenvalue weighted by molar-refractivity contribution is 0.373. The molecule has 5 aromatic rings. The summed E-state index contributed by atoms with van der Waals surface area (Å²) in [5.74, 6) is 0. The molecule has 0 radical (unpaired) electrons. The van der Waals surface area contributed by atoms with Gasteiger partial charge in [-0.05, 0) is 72.1 Å². The van der Waals surface area contributed by atoms with E-state index >= 15 is 0 Å². The molecule has 2 heteroatoms. The number of benzene rings is 5. The molecule has 1 heterocycles. The topological polar surface area (TPSA) is 15.6 Å². The fourth-order valence-corrected chi connectivity index (χ4v) is 5.91. The van der Waals surface area contributed by atoms with Gasteiger partial charge in [-0.25, -0.2) is 0 Å². The molecule has 0 spiro atoms. The highest BCUT2D eigenvalue weighted by atomic mass is 15.1. The molecule has 0 unspecified atom stereocenters. The van der Waals surface area contributed by atoms with Crippen LogP contribution >= 0.6 is 0 Å². The number of aliphatic imine (C=N–C) groups is 1. The summed E-state index contributed by atoms with van der Waals surface area (Å²) in [6, 6.07) is 47.7. The molecule has 206 valence electrons. The lowest BCUT2D eigenvalue weighted by Gasteiger charge is -2.33. The third kappa shape index (κ3) is 5.66. The summed E-state index contributed by atoms with van der Waals surface area (Å²) in [6.07, 6.45) is 1.04. The van der Waals surface area contributed by atoms with Gasteiger partial charge in [-0.3, -0.25) is 4.99 Å². The highest BCUT2D eigenvalue weighted by molar-refractivity contribution is 5.92. The van der Waals surface area contributed by atoms with Crippen LogP contribution in [0, 0.1) is 0 Å². The SMILES string of the molecule is CC1=Nc2ccccc2C1.CCN(C)CC.c1ccc(C2(c3ccccc3)c3ccccc3-c3ccccc32)cc1. The lowest BCUT2D eigenvalue weighted by Crippen LogP contribution is -2.28. The Balaban J connectivity index is 0.000000173. The van der Waals surface area contributed by atoms with E-state index in [4.69, 9.17) is 0 Å². The van der Waals surface area contributed by atoms with Crippen molar-refractivity contribution in [2.45, 2.75) is 32.6 Å². The first-order valence-electron chi connectivity index (χ1n) is 14.7. The van der Waals surface area contributed by atoms with Crippen molar-refractivity contribution < 1.29 is 0 Å². The molecule has 7 rings (SSSR count). The van der Waals surface area contributed by atoms with Crippen LogP contribution in [0.2, 0.25) is 0 Å². The van der Waals surface area contributed by atoms with Gasteiger partial charge >= 0.3 is 0 Å². The Labute approximate surface area is 246 Å². The van der Waals surface area contributed by atoms with Crippen molar-refractivity contribution in [2.75, 3.05) is 20.1 Å². The minimum absolute atomic E-state index is 0.254. The average Bonchev–Trinajstić information content (AvgIpc) is 3.57. The van der Waals surface area contributed by atoms with Gasteiger partial charge in [0.15, 0.2) is 0 Å². The maximum Gasteiger partial charge on any atom is 0.0713 e. The standard InChI is InChI=1S/C25H18.C9H9N.C5H13N/c1-3-11-19(12-4-1)25(20-13-5-2-6-14-20)23-17-9-7-15-21(23)22-16-8-10-18-24(22)25;1-7-6-8-4-2-3-5-9(8)10-7;1-4-6(3)5-2/h1-18H;2-5H,6H2,1H3;4-5H2,1-3H3. The van der Waals surface area contributed by atoms with Gasteiger partial charge in [0.05, 0.1) is 11.1 Å². The molecule has 0 amide bonds. The Hall–Kier alpha value is -4.27. The maximum absolute atomic E-state index is 4.37. The van der Waals surface area contributed by atoms with Gasteiger partial charge in [0.25, 0.3) is 0 Å². The number of fused-ring (bicyclic) bond motifs is 4. The molecule has 1 aliphatic heterocycles. The second-order valence-corrected chi connectivity index (χ2v) is 10.7. The van der Waals surface area contributed by atoms with E-state index in [0.29, 0.717) is 0 Å². The van der Waals surface area contributed by atoms with E-state index in [1.807, 2.05) is 6.07 Å². The van der Waals surface area contributed by atoms with E-state index in [1.165, 1.54) is 44.7 Å². The van der Waals surface area contributed by atoms with Gasteiger partial charge in [-0.15, -0.1) is 0 Å². The van der Waals surface area contributed by atoms with Gasteiger partial charge in [-0.2, -0.15) is 0 Å². The summed E-state index contributed by atoms with van der Waals surface area (Å²) in [6.45, 7) is 8.71. The summed E-state index contributed by atoms with van der Waals surface area (Å²) in [7, 11) is 2.11. The largest absolute Gasteiger partial charge is 0.307 e. The van der Waals surface area contributed by atoms with Crippen molar-refractivity contribution >= 4 is 11.4 Å². The van der Waals surface area contributed by atoms with Crippen LogP contribution in [0.5, 0.6) is 0 Å². The zero-order chi connectivity index (χ0) is 28.7. The smallest absolute Gasteiger partial charge is 0.0713 e. The molecule has 0 N–H and O–H groups in total. The fraction of sp³-hybridized carbons (Fsp3) is 0.205. The van der Waals surface area contributed by atoms with Crippen molar-refractivity contribution in [3.8, 4) is 11.1 Å². The van der Waals surface area contributed by atoms with E-state index in [9.17, 15) is 0 Å². The van der Waals surface area contributed by atoms with Crippen LogP contribution in [-0.2, 0) is 11.8 Å². The first kappa shape index (κ1) is 28.3. The summed E-state index contributed by atoms with van der Waals surface area (Å²) in [4.78, 5) is 6.62. The highest BCUT2D eigenvalue weighted by Gasteiger charge is 2.45. The number of nitrogens with zero attached hydrogens (tertiary/aromatic N) is 2. The molecule has 0 atom stereocenters. The third-order valence-corrected chi connectivity index (χ3v) is 8.19. The van der Waals surface area contributed by atoms with Crippen LogP contribution in [0.3, 0.4) is 0 Å². The van der Waals surface area contributed by atoms with E-state index < -0.39 is 0 Å². The van der Waals surface area contributed by atoms with Crippen molar-refractivity contribution in [1.82, 2.24) is 4.90 Å². The average molecular weight is 537 g/mol. The van der Waals surface area contributed by atoms with Crippen molar-refractivity contribution in [3.63, 3.8) is 0 Å². The Morgan fingerprint density at radius 2 is 1.02 bits per heavy atom. The van der Waals surface area contributed by atoms with Crippen LogP contribution in [0.15, 0.2) is 138 Å². The molecule has 2 nitrogen and oxygen atoms in total. The minimum Gasteiger partial charge on any atom is -0.307 e. The van der Waals surface area contributed by atoms with Crippen LogP contribution < -0.4 is 0 Å². The predicted octanol–water partition coefficient (Wildman–Crippen LogP) is 9.34. The summed E-state index contributed by atoms with van der Waals surface area (Å²) < 4.78 is 0. The maximum atomic E-state index is 4.37. The zero-order valence-corrected chi connectivity index (χ0v) is 24.7.